The molecular weight excluding hydrogens is 591 g/mol. The molecule has 0 radical (unpaired) electrons. The van der Waals surface area contributed by atoms with Gasteiger partial charge in [0.15, 0.2) is 0 Å². The van der Waals surface area contributed by atoms with Gasteiger partial charge in [-0.05, 0) is 57.2 Å². The van der Waals surface area contributed by atoms with E-state index in [1.165, 1.54) is 6.20 Å². The lowest BCUT2D eigenvalue weighted by Gasteiger charge is -2.28. The SMILES string of the molecule is COc1c(C(=O)Nc2c(Cl)cccc2Cl)cnc2c1cc(-c1cnn(C3CCN(C)CC3)c1)n2COCC[Si](C)(C)C. The molecule has 0 atom stereocenters. The largest absolute Gasteiger partial charge is 0.495 e. The van der Waals surface area contributed by atoms with Crippen molar-refractivity contribution in [2.75, 3.05) is 39.2 Å². The Balaban J connectivity index is 1.52. The van der Waals surface area contributed by atoms with Crippen molar-refractivity contribution >= 4 is 53.9 Å². The van der Waals surface area contributed by atoms with Crippen LogP contribution in [0, 0.1) is 0 Å². The fourth-order valence-corrected chi connectivity index (χ4v) is 6.44. The number of hydrogen-bond donors (Lipinski definition) is 1. The van der Waals surface area contributed by atoms with E-state index in [-0.39, 0.29) is 5.56 Å². The number of rotatable bonds is 10. The standard InChI is InChI=1S/C30H38Cl2N6O3Si/c1-36-11-9-21(10-12-36)38-18-20(16-34-38)26-15-22-28(40-2)23(30(39)35-27-24(31)7-6-8-25(27)32)17-33-29(22)37(26)19-41-13-14-42(3,4)5/h6-8,15-18,21H,9-14,19H2,1-5H3,(H,35,39). The van der Waals surface area contributed by atoms with Crippen molar-refractivity contribution in [2.45, 2.75) is 51.3 Å². The summed E-state index contributed by atoms with van der Waals surface area (Å²) in [6.07, 6.45) is 7.63. The molecule has 9 nitrogen and oxygen atoms in total. The van der Waals surface area contributed by atoms with Crippen LogP contribution >= 0.6 is 23.2 Å². The summed E-state index contributed by atoms with van der Waals surface area (Å²) in [5.41, 5.74) is 3.12. The fourth-order valence-electron chi connectivity index (χ4n) is 5.19. The molecule has 1 N–H and O–H groups in total. The number of methoxy groups -OCH3 is 1. The minimum Gasteiger partial charge on any atom is -0.495 e. The molecule has 1 aliphatic heterocycles. The zero-order valence-electron chi connectivity index (χ0n) is 24.8. The molecule has 1 amide bonds. The number of nitrogens with one attached hydrogen (secondary N) is 1. The van der Waals surface area contributed by atoms with Crippen molar-refractivity contribution in [1.82, 2.24) is 24.2 Å². The van der Waals surface area contributed by atoms with Gasteiger partial charge in [-0.15, -0.1) is 0 Å². The number of amides is 1. The molecule has 12 heteroatoms. The van der Waals surface area contributed by atoms with Crippen LogP contribution in [0.4, 0.5) is 5.69 Å². The molecule has 4 aromatic rings. The van der Waals surface area contributed by atoms with E-state index in [0.717, 1.165) is 43.2 Å². The number of likely N-dealkylation sites (tertiary alicyclic amines) is 1. The number of para-hydroxylation sites is 1. The number of pyridine rings is 1. The van der Waals surface area contributed by atoms with Gasteiger partial charge in [-0.25, -0.2) is 4.98 Å². The third-order valence-electron chi connectivity index (χ3n) is 7.70. The average Bonchev–Trinajstić information content (AvgIpc) is 3.57. The van der Waals surface area contributed by atoms with Crippen molar-refractivity contribution in [3.8, 4) is 17.0 Å². The molecule has 0 unspecified atom stereocenters. The Morgan fingerprint density at radius 2 is 1.86 bits per heavy atom. The molecule has 224 valence electrons. The first kappa shape index (κ1) is 30.6. The van der Waals surface area contributed by atoms with Crippen LogP contribution < -0.4 is 10.1 Å². The second-order valence-corrected chi connectivity index (χ2v) is 18.5. The Kier molecular flexibility index (Phi) is 9.29. The van der Waals surface area contributed by atoms with Gasteiger partial charge in [-0.2, -0.15) is 5.10 Å². The van der Waals surface area contributed by atoms with Crippen LogP contribution in [0.25, 0.3) is 22.3 Å². The Hall–Kier alpha value is -2.89. The summed E-state index contributed by atoms with van der Waals surface area (Å²) in [6, 6.07) is 8.48. The molecule has 1 aromatic carbocycles. The number of carbonyl (C=O) groups excluding carboxylic acids is 1. The van der Waals surface area contributed by atoms with Gasteiger partial charge in [0.2, 0.25) is 0 Å². The lowest BCUT2D eigenvalue weighted by Crippen LogP contribution is -2.31. The maximum absolute atomic E-state index is 13.4. The molecule has 0 aliphatic carbocycles. The highest BCUT2D eigenvalue weighted by molar-refractivity contribution is 6.76. The van der Waals surface area contributed by atoms with E-state index in [1.807, 2.05) is 16.8 Å². The molecule has 42 heavy (non-hydrogen) atoms. The number of halogens is 2. The summed E-state index contributed by atoms with van der Waals surface area (Å²) in [5.74, 6) is -0.0162. The van der Waals surface area contributed by atoms with Crippen molar-refractivity contribution in [1.29, 1.82) is 0 Å². The number of ether oxygens (including phenoxy) is 2. The van der Waals surface area contributed by atoms with Crippen LogP contribution in [0.1, 0.15) is 29.2 Å². The molecule has 1 saturated heterocycles. The van der Waals surface area contributed by atoms with Gasteiger partial charge in [0.1, 0.15) is 23.7 Å². The molecule has 1 aliphatic rings. The molecule has 5 rings (SSSR count). The summed E-state index contributed by atoms with van der Waals surface area (Å²) in [5, 5.41) is 8.94. The van der Waals surface area contributed by atoms with Crippen molar-refractivity contribution in [3.05, 3.63) is 58.5 Å². The van der Waals surface area contributed by atoms with Crippen LogP contribution in [0.3, 0.4) is 0 Å². The lowest BCUT2D eigenvalue weighted by atomic mass is 10.1. The summed E-state index contributed by atoms with van der Waals surface area (Å²) in [7, 11) is 2.45. The third kappa shape index (κ3) is 6.68. The highest BCUT2D eigenvalue weighted by atomic mass is 35.5. The van der Waals surface area contributed by atoms with Gasteiger partial charge >= 0.3 is 0 Å². The number of aromatic nitrogens is 4. The highest BCUT2D eigenvalue weighted by Crippen LogP contribution is 2.37. The van der Waals surface area contributed by atoms with E-state index >= 15 is 0 Å². The molecule has 1 fully saturated rings. The maximum Gasteiger partial charge on any atom is 0.261 e. The highest BCUT2D eigenvalue weighted by Gasteiger charge is 2.25. The third-order valence-corrected chi connectivity index (χ3v) is 10.0. The first-order chi connectivity index (χ1) is 20.1. The number of carbonyl (C=O) groups is 1. The summed E-state index contributed by atoms with van der Waals surface area (Å²) >= 11 is 12.6. The summed E-state index contributed by atoms with van der Waals surface area (Å²) in [6.45, 7) is 10.1. The number of fused-ring (bicyclic) bond motifs is 1. The number of nitrogens with zero attached hydrogens (tertiary/aromatic N) is 5. The number of piperidine rings is 1. The van der Waals surface area contributed by atoms with E-state index in [0.29, 0.717) is 51.9 Å². The zero-order valence-corrected chi connectivity index (χ0v) is 27.3. The van der Waals surface area contributed by atoms with Crippen molar-refractivity contribution < 1.29 is 14.3 Å². The Morgan fingerprint density at radius 3 is 2.52 bits per heavy atom. The van der Waals surface area contributed by atoms with Crippen LogP contribution in [0.15, 0.2) is 42.9 Å². The predicted octanol–water partition coefficient (Wildman–Crippen LogP) is 7.05. The van der Waals surface area contributed by atoms with Gasteiger partial charge < -0.3 is 24.3 Å². The molecule has 0 saturated carbocycles. The van der Waals surface area contributed by atoms with Gasteiger partial charge in [0.25, 0.3) is 5.91 Å². The Morgan fingerprint density at radius 1 is 1.14 bits per heavy atom. The van der Waals surface area contributed by atoms with E-state index in [2.05, 4.69) is 47.8 Å². The molecule has 0 bridgehead atoms. The Bertz CT molecular complexity index is 1550. The van der Waals surface area contributed by atoms with Gasteiger partial charge in [0, 0.05) is 32.6 Å². The summed E-state index contributed by atoms with van der Waals surface area (Å²) in [4.78, 5) is 20.5. The second kappa shape index (κ2) is 12.8. The summed E-state index contributed by atoms with van der Waals surface area (Å²) < 4.78 is 16.1. The monoisotopic (exact) mass is 628 g/mol. The minimum absolute atomic E-state index is 0.270. The van der Waals surface area contributed by atoms with Crippen LogP contribution in [-0.4, -0.2) is 72.1 Å². The van der Waals surface area contributed by atoms with E-state index < -0.39 is 14.0 Å². The molecule has 4 heterocycles. The number of anilines is 1. The van der Waals surface area contributed by atoms with E-state index in [4.69, 9.17) is 42.8 Å². The van der Waals surface area contributed by atoms with Gasteiger partial charge in [0.05, 0.1) is 46.2 Å². The quantitative estimate of drug-likeness (QED) is 0.150. The minimum atomic E-state index is -1.26. The smallest absolute Gasteiger partial charge is 0.261 e. The predicted molar refractivity (Wildman–Crippen MR) is 172 cm³/mol. The molecule has 0 spiro atoms. The first-order valence-corrected chi connectivity index (χ1v) is 18.6. The maximum atomic E-state index is 13.4. The number of benzene rings is 1. The molecular formula is C30H38Cl2N6O3Si. The van der Waals surface area contributed by atoms with Crippen LogP contribution in [-0.2, 0) is 11.5 Å². The number of hydrogen-bond acceptors (Lipinski definition) is 6. The van der Waals surface area contributed by atoms with Crippen molar-refractivity contribution in [3.63, 3.8) is 0 Å². The fraction of sp³-hybridized carbons (Fsp3) is 0.433. The van der Waals surface area contributed by atoms with Gasteiger partial charge in [-0.1, -0.05) is 48.9 Å². The van der Waals surface area contributed by atoms with E-state index in [9.17, 15) is 4.79 Å². The van der Waals surface area contributed by atoms with Crippen LogP contribution in [0.2, 0.25) is 35.7 Å². The zero-order chi connectivity index (χ0) is 30.0. The van der Waals surface area contributed by atoms with Crippen molar-refractivity contribution in [2.24, 2.45) is 0 Å². The van der Waals surface area contributed by atoms with Gasteiger partial charge in [-0.3, -0.25) is 9.48 Å². The lowest BCUT2D eigenvalue weighted by molar-refractivity contribution is 0.0909. The van der Waals surface area contributed by atoms with E-state index in [1.54, 1.807) is 25.3 Å². The van der Waals surface area contributed by atoms with Crippen LogP contribution in [0.5, 0.6) is 5.75 Å². The normalized spacial score (nSPS) is 14.9. The molecule has 3 aromatic heterocycles. The average molecular weight is 630 g/mol. The first-order valence-electron chi connectivity index (χ1n) is 14.2. The second-order valence-electron chi connectivity index (χ2n) is 12.0. The Labute approximate surface area is 257 Å². The topological polar surface area (TPSA) is 86.4 Å².